The molecule has 0 aromatic heterocycles. The third kappa shape index (κ3) is 3.21. The molecule has 1 heterocycles. The second-order valence-corrected chi connectivity index (χ2v) is 5.03. The molecule has 118 valence electrons. The molecule has 1 aromatic carbocycles. The maximum Gasteiger partial charge on any atom is 0.304 e. The van der Waals surface area contributed by atoms with E-state index in [0.29, 0.717) is 19.4 Å². The van der Waals surface area contributed by atoms with Crippen LogP contribution in [-0.2, 0) is 9.59 Å². The second-order valence-electron chi connectivity index (χ2n) is 5.03. The van der Waals surface area contributed by atoms with Crippen LogP contribution in [0.1, 0.15) is 26.2 Å². The Morgan fingerprint density at radius 2 is 2.27 bits per heavy atom. The van der Waals surface area contributed by atoms with Crippen molar-refractivity contribution in [2.24, 2.45) is 0 Å². The summed E-state index contributed by atoms with van der Waals surface area (Å²) in [5, 5.41) is 13.1. The lowest BCUT2D eigenvalue weighted by Crippen LogP contribution is -2.44. The lowest BCUT2D eigenvalue weighted by molar-refractivity contribution is -0.387. The van der Waals surface area contributed by atoms with Gasteiger partial charge in [0.1, 0.15) is 6.04 Å². The molecule has 1 atom stereocenters. The van der Waals surface area contributed by atoms with E-state index in [1.165, 1.54) is 11.0 Å². The van der Waals surface area contributed by atoms with Crippen LogP contribution in [0.3, 0.4) is 0 Å². The number of nitrogens with zero attached hydrogens (tertiary/aromatic N) is 2. The molecule has 1 aliphatic rings. The topological polar surface area (TPSA) is 92.5 Å². The Labute approximate surface area is 126 Å². The summed E-state index contributed by atoms with van der Waals surface area (Å²) in [6.45, 7) is 2.31. The summed E-state index contributed by atoms with van der Waals surface area (Å²) in [6.07, 6.45) is 1.58. The van der Waals surface area contributed by atoms with Gasteiger partial charge in [-0.25, -0.2) is 0 Å². The monoisotopic (exact) mass is 309 g/mol. The van der Waals surface area contributed by atoms with Gasteiger partial charge in [-0.15, -0.1) is 0 Å². The lowest BCUT2D eigenvalue weighted by Gasteiger charge is -2.25. The molecule has 22 heavy (non-hydrogen) atoms. The van der Waals surface area contributed by atoms with Crippen molar-refractivity contribution in [3.63, 3.8) is 0 Å². The highest BCUT2D eigenvalue weighted by atomic mass is 19.1. The first-order valence-corrected chi connectivity index (χ1v) is 6.98. The highest BCUT2D eigenvalue weighted by Gasteiger charge is 2.31. The van der Waals surface area contributed by atoms with Crippen LogP contribution in [0.2, 0.25) is 0 Å². The number of hydrogen-bond donors (Lipinski definition) is 1. The molecule has 0 spiro atoms. The summed E-state index contributed by atoms with van der Waals surface area (Å²) in [6, 6.07) is 2.53. The molecule has 1 N–H and O–H groups in total. The Morgan fingerprint density at radius 1 is 1.55 bits per heavy atom. The van der Waals surface area contributed by atoms with Gasteiger partial charge in [-0.2, -0.15) is 4.39 Å². The van der Waals surface area contributed by atoms with E-state index in [1.54, 1.807) is 6.92 Å². The smallest absolute Gasteiger partial charge is 0.304 e. The van der Waals surface area contributed by atoms with Gasteiger partial charge >= 0.3 is 5.69 Å². The SMILES string of the molecule is CCC(C(=O)Nc1ccc([N+](=O)[O-])c(F)c1)N1CCCC1=O. The molecule has 1 aliphatic heterocycles. The number of carbonyl (C=O) groups excluding carboxylic acids is 2. The number of nitro benzene ring substituents is 1. The van der Waals surface area contributed by atoms with Crippen molar-refractivity contribution < 1.29 is 18.9 Å². The molecular formula is C14H16FN3O4. The van der Waals surface area contributed by atoms with Crippen LogP contribution < -0.4 is 5.32 Å². The first kappa shape index (κ1) is 15.9. The van der Waals surface area contributed by atoms with E-state index >= 15 is 0 Å². The van der Waals surface area contributed by atoms with Gasteiger partial charge in [-0.1, -0.05) is 6.92 Å². The molecule has 0 bridgehead atoms. The van der Waals surface area contributed by atoms with Gasteiger partial charge in [0.2, 0.25) is 17.6 Å². The number of rotatable bonds is 5. The average Bonchev–Trinajstić information content (AvgIpc) is 2.85. The van der Waals surface area contributed by atoms with E-state index in [2.05, 4.69) is 5.32 Å². The molecule has 0 saturated carbocycles. The van der Waals surface area contributed by atoms with E-state index in [0.717, 1.165) is 18.6 Å². The Bertz CT molecular complexity index is 620. The first-order valence-electron chi connectivity index (χ1n) is 6.98. The number of anilines is 1. The van der Waals surface area contributed by atoms with Crippen molar-refractivity contribution in [1.29, 1.82) is 0 Å². The summed E-state index contributed by atoms with van der Waals surface area (Å²) in [4.78, 5) is 35.2. The molecule has 8 heteroatoms. The van der Waals surface area contributed by atoms with E-state index in [1.807, 2.05) is 0 Å². The minimum Gasteiger partial charge on any atom is -0.331 e. The van der Waals surface area contributed by atoms with Crippen molar-refractivity contribution in [3.05, 3.63) is 34.1 Å². The zero-order chi connectivity index (χ0) is 16.3. The van der Waals surface area contributed by atoms with Gasteiger partial charge in [0.15, 0.2) is 0 Å². The first-order chi connectivity index (χ1) is 10.4. The van der Waals surface area contributed by atoms with Crippen LogP contribution in [0.4, 0.5) is 15.8 Å². The lowest BCUT2D eigenvalue weighted by atomic mass is 10.1. The highest BCUT2D eigenvalue weighted by Crippen LogP contribution is 2.22. The molecule has 0 aliphatic carbocycles. The maximum absolute atomic E-state index is 13.5. The number of halogens is 1. The van der Waals surface area contributed by atoms with Crippen molar-refractivity contribution in [2.45, 2.75) is 32.2 Å². The normalized spacial score (nSPS) is 15.7. The molecule has 2 amide bonds. The third-order valence-corrected chi connectivity index (χ3v) is 3.59. The maximum atomic E-state index is 13.5. The van der Waals surface area contributed by atoms with E-state index in [-0.39, 0.29) is 11.6 Å². The average molecular weight is 309 g/mol. The molecule has 1 saturated heterocycles. The van der Waals surface area contributed by atoms with Crippen LogP contribution in [0.25, 0.3) is 0 Å². The Balaban J connectivity index is 2.12. The minimum atomic E-state index is -1.02. The number of nitrogens with one attached hydrogen (secondary N) is 1. The minimum absolute atomic E-state index is 0.0723. The molecule has 1 fully saturated rings. The number of carbonyl (C=O) groups is 2. The van der Waals surface area contributed by atoms with Crippen LogP contribution in [0.15, 0.2) is 18.2 Å². The number of benzene rings is 1. The van der Waals surface area contributed by atoms with Gasteiger partial charge in [-0.3, -0.25) is 19.7 Å². The summed E-state index contributed by atoms with van der Waals surface area (Å²) < 4.78 is 13.5. The summed E-state index contributed by atoms with van der Waals surface area (Å²) >= 11 is 0. The molecular weight excluding hydrogens is 293 g/mol. The quantitative estimate of drug-likeness (QED) is 0.665. The van der Waals surface area contributed by atoms with Gasteiger partial charge in [-0.05, 0) is 18.9 Å². The summed E-state index contributed by atoms with van der Waals surface area (Å²) in [7, 11) is 0. The summed E-state index contributed by atoms with van der Waals surface area (Å²) in [5.41, 5.74) is -0.530. The van der Waals surface area contributed by atoms with Crippen molar-refractivity contribution >= 4 is 23.2 Å². The van der Waals surface area contributed by atoms with Crippen molar-refractivity contribution in [1.82, 2.24) is 4.90 Å². The third-order valence-electron chi connectivity index (χ3n) is 3.59. The molecule has 7 nitrogen and oxygen atoms in total. The van der Waals surface area contributed by atoms with Crippen LogP contribution in [-0.4, -0.2) is 34.2 Å². The summed E-state index contributed by atoms with van der Waals surface area (Å²) in [5.74, 6) is -1.52. The Hall–Kier alpha value is -2.51. The largest absolute Gasteiger partial charge is 0.331 e. The number of hydrogen-bond acceptors (Lipinski definition) is 4. The van der Waals surface area contributed by atoms with Gasteiger partial charge in [0, 0.05) is 30.8 Å². The van der Waals surface area contributed by atoms with E-state index in [4.69, 9.17) is 0 Å². The fourth-order valence-electron chi connectivity index (χ4n) is 2.50. The van der Waals surface area contributed by atoms with Crippen LogP contribution in [0, 0.1) is 15.9 Å². The predicted molar refractivity (Wildman–Crippen MR) is 76.7 cm³/mol. The van der Waals surface area contributed by atoms with E-state index in [9.17, 15) is 24.1 Å². The number of amides is 2. The van der Waals surface area contributed by atoms with Crippen molar-refractivity contribution in [2.75, 3.05) is 11.9 Å². The number of likely N-dealkylation sites (tertiary alicyclic amines) is 1. The molecule has 0 radical (unpaired) electrons. The number of nitro groups is 1. The molecule has 1 aromatic rings. The van der Waals surface area contributed by atoms with Gasteiger partial charge in [0.05, 0.1) is 4.92 Å². The second kappa shape index (κ2) is 6.50. The fraction of sp³-hybridized carbons (Fsp3) is 0.429. The van der Waals surface area contributed by atoms with Gasteiger partial charge in [0.25, 0.3) is 0 Å². The van der Waals surface area contributed by atoms with Gasteiger partial charge < -0.3 is 10.2 Å². The van der Waals surface area contributed by atoms with Crippen LogP contribution >= 0.6 is 0 Å². The standard InChI is InChI=1S/C14H16FN3O4/c1-2-11(17-7-3-4-13(17)19)14(20)16-9-5-6-12(18(21)22)10(15)8-9/h5-6,8,11H,2-4,7H2,1H3,(H,16,20). The predicted octanol–water partition coefficient (Wildman–Crippen LogP) is 2.07. The van der Waals surface area contributed by atoms with E-state index < -0.39 is 28.4 Å². The Kier molecular flexibility index (Phi) is 4.69. The Morgan fingerprint density at radius 3 is 2.77 bits per heavy atom. The zero-order valence-electron chi connectivity index (χ0n) is 12.0. The zero-order valence-corrected chi connectivity index (χ0v) is 12.0. The van der Waals surface area contributed by atoms with Crippen LogP contribution in [0.5, 0.6) is 0 Å². The molecule has 2 rings (SSSR count). The van der Waals surface area contributed by atoms with Crippen molar-refractivity contribution in [3.8, 4) is 0 Å². The fourth-order valence-corrected chi connectivity index (χ4v) is 2.50. The highest BCUT2D eigenvalue weighted by molar-refractivity contribution is 5.97. The molecule has 1 unspecified atom stereocenters.